The Balaban J connectivity index is 1.92. The van der Waals surface area contributed by atoms with E-state index in [0.29, 0.717) is 5.52 Å². The van der Waals surface area contributed by atoms with Crippen molar-refractivity contribution in [3.63, 3.8) is 0 Å². The lowest BCUT2D eigenvalue weighted by Gasteiger charge is -2.12. The van der Waals surface area contributed by atoms with Gasteiger partial charge in [0.05, 0.1) is 16.8 Å². The van der Waals surface area contributed by atoms with Crippen LogP contribution in [-0.4, -0.2) is 15.5 Å². The number of hydrogen-bond donors (Lipinski definition) is 1. The third kappa shape index (κ3) is 2.65. The van der Waals surface area contributed by atoms with E-state index in [1.807, 2.05) is 0 Å². The number of hydrogen-bond acceptors (Lipinski definition) is 2. The molecule has 3 aromatic rings. The zero-order valence-electron chi connectivity index (χ0n) is 11.1. The van der Waals surface area contributed by atoms with Gasteiger partial charge in [0, 0.05) is 6.20 Å². The Morgan fingerprint density at radius 1 is 1.09 bits per heavy atom. The minimum absolute atomic E-state index is 0.0446. The number of nitrogens with one attached hydrogen (secondary N) is 1. The molecule has 0 radical (unpaired) electrons. The predicted octanol–water partition coefficient (Wildman–Crippen LogP) is 3.61. The van der Waals surface area contributed by atoms with Gasteiger partial charge < -0.3 is 5.32 Å². The molecule has 0 atom stereocenters. The Bertz CT molecular complexity index is 806. The number of carbonyl (C=O) groups is 1. The number of carbonyl (C=O) groups excluding carboxylic acids is 1. The van der Waals surface area contributed by atoms with E-state index in [1.54, 1.807) is 24.4 Å². The van der Waals surface area contributed by atoms with Crippen molar-refractivity contribution in [2.75, 3.05) is 5.32 Å². The topological polar surface area (TPSA) is 46.4 Å². The highest BCUT2D eigenvalue weighted by Crippen LogP contribution is 2.34. The van der Waals surface area contributed by atoms with Gasteiger partial charge in [-0.25, -0.2) is 4.52 Å². The maximum absolute atomic E-state index is 12.9. The number of nitrogens with zero attached hydrogens (tertiary/aromatic N) is 2. The summed E-state index contributed by atoms with van der Waals surface area (Å²) in [4.78, 5) is 12.1. The summed E-state index contributed by atoms with van der Waals surface area (Å²) < 4.78 is 40.2. The second kappa shape index (κ2) is 5.18. The molecule has 0 bridgehead atoms. The number of anilines is 1. The molecular weight excluding hydrogens is 295 g/mol. The number of pyridine rings is 1. The largest absolute Gasteiger partial charge is 0.418 e. The first-order valence-electron chi connectivity index (χ1n) is 6.37. The number of rotatable bonds is 2. The fourth-order valence-electron chi connectivity index (χ4n) is 2.07. The number of halogens is 3. The van der Waals surface area contributed by atoms with Crippen LogP contribution in [0, 0.1) is 0 Å². The average Bonchev–Trinajstić information content (AvgIpc) is 2.90. The highest BCUT2D eigenvalue weighted by Gasteiger charge is 2.33. The number of para-hydroxylation sites is 1. The quantitative estimate of drug-likeness (QED) is 0.786. The van der Waals surface area contributed by atoms with E-state index < -0.39 is 17.6 Å². The van der Waals surface area contributed by atoms with E-state index in [0.717, 1.165) is 6.07 Å². The van der Waals surface area contributed by atoms with E-state index in [9.17, 15) is 18.0 Å². The molecule has 0 unspecified atom stereocenters. The molecule has 0 aliphatic carbocycles. The zero-order valence-corrected chi connectivity index (χ0v) is 11.1. The molecule has 22 heavy (non-hydrogen) atoms. The number of aromatic nitrogens is 2. The fourth-order valence-corrected chi connectivity index (χ4v) is 2.07. The molecular formula is C15H10F3N3O. The maximum atomic E-state index is 12.9. The van der Waals surface area contributed by atoms with Gasteiger partial charge in [-0.05, 0) is 30.3 Å². The van der Waals surface area contributed by atoms with Crippen molar-refractivity contribution in [3.8, 4) is 0 Å². The molecule has 1 aromatic carbocycles. The van der Waals surface area contributed by atoms with Crippen LogP contribution in [0.5, 0.6) is 0 Å². The number of benzene rings is 1. The summed E-state index contributed by atoms with van der Waals surface area (Å²) in [6, 6.07) is 11.6. The van der Waals surface area contributed by atoms with Crippen LogP contribution < -0.4 is 5.32 Å². The van der Waals surface area contributed by atoms with Crippen molar-refractivity contribution in [1.29, 1.82) is 0 Å². The second-order valence-corrected chi connectivity index (χ2v) is 4.60. The maximum Gasteiger partial charge on any atom is 0.418 e. The molecule has 0 spiro atoms. The first-order chi connectivity index (χ1) is 10.4. The van der Waals surface area contributed by atoms with E-state index in [-0.39, 0.29) is 11.4 Å². The van der Waals surface area contributed by atoms with Gasteiger partial charge >= 0.3 is 6.18 Å². The van der Waals surface area contributed by atoms with Gasteiger partial charge in [-0.15, -0.1) is 0 Å². The molecule has 112 valence electrons. The van der Waals surface area contributed by atoms with E-state index >= 15 is 0 Å². The van der Waals surface area contributed by atoms with Gasteiger partial charge in [0.15, 0.2) is 5.69 Å². The van der Waals surface area contributed by atoms with Crippen LogP contribution in [-0.2, 0) is 6.18 Å². The Labute approximate surface area is 123 Å². The molecule has 4 nitrogen and oxygen atoms in total. The Morgan fingerprint density at radius 2 is 1.82 bits per heavy atom. The Hall–Kier alpha value is -2.83. The van der Waals surface area contributed by atoms with Crippen LogP contribution in [0.4, 0.5) is 18.9 Å². The molecule has 0 fully saturated rings. The summed E-state index contributed by atoms with van der Waals surface area (Å²) in [5.74, 6) is -0.694. The lowest BCUT2D eigenvalue weighted by molar-refractivity contribution is -0.136. The van der Waals surface area contributed by atoms with E-state index in [1.165, 1.54) is 28.8 Å². The van der Waals surface area contributed by atoms with E-state index in [2.05, 4.69) is 10.4 Å². The molecule has 0 aliphatic rings. The minimum atomic E-state index is -4.54. The summed E-state index contributed by atoms with van der Waals surface area (Å²) in [6.45, 7) is 0. The van der Waals surface area contributed by atoms with Gasteiger partial charge in [-0.2, -0.15) is 18.3 Å². The highest BCUT2D eigenvalue weighted by atomic mass is 19.4. The van der Waals surface area contributed by atoms with Gasteiger partial charge in [-0.1, -0.05) is 18.2 Å². The summed E-state index contributed by atoms with van der Waals surface area (Å²) in [5, 5.41) is 6.28. The molecule has 0 saturated carbocycles. The van der Waals surface area contributed by atoms with Crippen LogP contribution in [0.15, 0.2) is 54.7 Å². The third-order valence-electron chi connectivity index (χ3n) is 3.08. The first kappa shape index (κ1) is 14.1. The summed E-state index contributed by atoms with van der Waals surface area (Å²) in [7, 11) is 0. The summed E-state index contributed by atoms with van der Waals surface area (Å²) in [5.41, 5.74) is -0.468. The molecule has 0 saturated heterocycles. The van der Waals surface area contributed by atoms with Gasteiger partial charge in [0.2, 0.25) is 0 Å². The molecule has 2 heterocycles. The SMILES string of the molecule is O=C(Nc1ccccc1C(F)(F)F)c1cc2ccccn2n1. The smallest absolute Gasteiger partial charge is 0.320 e. The van der Waals surface area contributed by atoms with Crippen molar-refractivity contribution in [3.05, 3.63) is 66.0 Å². The van der Waals surface area contributed by atoms with Gasteiger partial charge in [0.25, 0.3) is 5.91 Å². The second-order valence-electron chi connectivity index (χ2n) is 4.60. The van der Waals surface area contributed by atoms with E-state index in [4.69, 9.17) is 0 Å². The number of alkyl halides is 3. The number of fused-ring (bicyclic) bond motifs is 1. The lowest BCUT2D eigenvalue weighted by atomic mass is 10.1. The first-order valence-corrected chi connectivity index (χ1v) is 6.37. The van der Waals surface area contributed by atoms with Crippen LogP contribution in [0.3, 0.4) is 0 Å². The average molecular weight is 305 g/mol. The van der Waals surface area contributed by atoms with Crippen LogP contribution in [0.2, 0.25) is 0 Å². The van der Waals surface area contributed by atoms with Crippen molar-refractivity contribution < 1.29 is 18.0 Å². The van der Waals surface area contributed by atoms with Gasteiger partial charge in [0.1, 0.15) is 0 Å². The Kier molecular flexibility index (Phi) is 3.32. The lowest BCUT2D eigenvalue weighted by Crippen LogP contribution is -2.17. The monoisotopic (exact) mass is 305 g/mol. The van der Waals surface area contributed by atoms with Crippen LogP contribution in [0.1, 0.15) is 16.1 Å². The van der Waals surface area contributed by atoms with Crippen LogP contribution in [0.25, 0.3) is 5.52 Å². The molecule has 1 N–H and O–H groups in total. The zero-order chi connectivity index (χ0) is 15.7. The van der Waals surface area contributed by atoms with Crippen molar-refractivity contribution in [2.45, 2.75) is 6.18 Å². The van der Waals surface area contributed by atoms with Gasteiger partial charge in [-0.3, -0.25) is 4.79 Å². The van der Waals surface area contributed by atoms with Crippen molar-refractivity contribution in [1.82, 2.24) is 9.61 Å². The van der Waals surface area contributed by atoms with Crippen molar-refractivity contribution >= 4 is 17.1 Å². The molecule has 1 amide bonds. The molecule has 3 rings (SSSR count). The normalized spacial score (nSPS) is 11.6. The summed E-state index contributed by atoms with van der Waals surface area (Å²) >= 11 is 0. The highest BCUT2D eigenvalue weighted by molar-refractivity contribution is 6.04. The van der Waals surface area contributed by atoms with Crippen molar-refractivity contribution in [2.24, 2.45) is 0 Å². The fraction of sp³-hybridized carbons (Fsp3) is 0.0667. The molecule has 2 aromatic heterocycles. The molecule has 0 aliphatic heterocycles. The minimum Gasteiger partial charge on any atom is -0.320 e. The summed E-state index contributed by atoms with van der Waals surface area (Å²) in [6.07, 6.45) is -2.89. The third-order valence-corrected chi connectivity index (χ3v) is 3.08. The molecule has 7 heteroatoms. The predicted molar refractivity (Wildman–Crippen MR) is 74.6 cm³/mol. The van der Waals surface area contributed by atoms with Crippen LogP contribution >= 0.6 is 0 Å². The Morgan fingerprint density at radius 3 is 2.55 bits per heavy atom. The standard InChI is InChI=1S/C15H10F3N3O/c16-15(17,18)11-6-1-2-7-12(11)19-14(22)13-9-10-5-3-4-8-21(10)20-13/h1-9H,(H,19,22). The number of amides is 1.